The Kier molecular flexibility index (Phi) is 10.5. The van der Waals surface area contributed by atoms with Gasteiger partial charge in [0.2, 0.25) is 0 Å². The molecule has 0 aliphatic carbocycles. The Morgan fingerprint density at radius 2 is 0.800 bits per heavy atom. The monoisotopic (exact) mass is 540 g/mol. The fourth-order valence-corrected chi connectivity index (χ4v) is 4.78. The van der Waals surface area contributed by atoms with Crippen molar-refractivity contribution in [1.82, 2.24) is 0 Å². The van der Waals surface area contributed by atoms with Gasteiger partial charge in [0, 0.05) is 0 Å². The van der Waals surface area contributed by atoms with Gasteiger partial charge >= 0.3 is 0 Å². The van der Waals surface area contributed by atoms with E-state index in [1.807, 2.05) is 121 Å². The van der Waals surface area contributed by atoms with Gasteiger partial charge in [-0.25, -0.2) is 0 Å². The highest BCUT2D eigenvalue weighted by Gasteiger charge is 2.48. The molecule has 40 heavy (non-hydrogen) atoms. The third-order valence-electron chi connectivity index (χ3n) is 6.88. The van der Waals surface area contributed by atoms with E-state index in [0.717, 1.165) is 22.3 Å². The zero-order valence-corrected chi connectivity index (χ0v) is 22.5. The molecule has 0 radical (unpaired) electrons. The molecule has 0 amide bonds. The van der Waals surface area contributed by atoms with E-state index in [1.54, 1.807) is 0 Å². The van der Waals surface area contributed by atoms with Crippen molar-refractivity contribution in [1.29, 1.82) is 0 Å². The van der Waals surface area contributed by atoms with Crippen molar-refractivity contribution in [2.45, 2.75) is 57.1 Å². The first-order chi connectivity index (χ1) is 19.8. The summed E-state index contributed by atoms with van der Waals surface area (Å²) in [5.41, 5.74) is 4.08. The standard InChI is InChI=1S/C34H36O6/c35-21-30-31(36-22-26-13-5-1-6-14-26)32(37-23-27-15-7-2-8-16-27)33(38-24-28-17-9-3-10-18-28)34(40-30)39-25-29-19-11-4-12-20-29/h1-20,30-35H,21-25H2/t30?,31-,32?,33?,34+/m1/s1. The molecular formula is C34H36O6. The minimum absolute atomic E-state index is 0.249. The number of benzene rings is 4. The van der Waals surface area contributed by atoms with Gasteiger partial charge in [-0.3, -0.25) is 0 Å². The predicted molar refractivity (Wildman–Crippen MR) is 152 cm³/mol. The quantitative estimate of drug-likeness (QED) is 0.236. The summed E-state index contributed by atoms with van der Waals surface area (Å²) in [6, 6.07) is 39.8. The lowest BCUT2D eigenvalue weighted by Crippen LogP contribution is -2.61. The van der Waals surface area contributed by atoms with Crippen molar-refractivity contribution in [3.05, 3.63) is 144 Å². The normalized spacial score (nSPS) is 22.7. The zero-order chi connectivity index (χ0) is 27.4. The third kappa shape index (κ3) is 7.86. The van der Waals surface area contributed by atoms with Crippen LogP contribution in [0.3, 0.4) is 0 Å². The van der Waals surface area contributed by atoms with Crippen molar-refractivity contribution in [2.24, 2.45) is 0 Å². The molecule has 0 saturated carbocycles. The summed E-state index contributed by atoms with van der Waals surface area (Å²) in [5.74, 6) is 0. The van der Waals surface area contributed by atoms with Gasteiger partial charge in [0.25, 0.3) is 0 Å². The van der Waals surface area contributed by atoms with Crippen LogP contribution >= 0.6 is 0 Å². The van der Waals surface area contributed by atoms with Crippen LogP contribution in [0, 0.1) is 0 Å². The van der Waals surface area contributed by atoms with Crippen LogP contribution in [0.15, 0.2) is 121 Å². The number of hydrogen-bond acceptors (Lipinski definition) is 6. The van der Waals surface area contributed by atoms with E-state index in [0.29, 0.717) is 26.4 Å². The highest BCUT2D eigenvalue weighted by molar-refractivity contribution is 5.16. The van der Waals surface area contributed by atoms with Gasteiger partial charge in [-0.05, 0) is 22.3 Å². The third-order valence-corrected chi connectivity index (χ3v) is 6.88. The molecule has 4 aromatic rings. The van der Waals surface area contributed by atoms with Crippen LogP contribution in [0.5, 0.6) is 0 Å². The summed E-state index contributed by atoms with van der Waals surface area (Å²) in [5, 5.41) is 10.4. The van der Waals surface area contributed by atoms with Gasteiger partial charge < -0.3 is 28.8 Å². The number of ether oxygens (including phenoxy) is 5. The molecule has 0 bridgehead atoms. The van der Waals surface area contributed by atoms with E-state index in [1.165, 1.54) is 0 Å². The lowest BCUT2D eigenvalue weighted by molar-refractivity contribution is -0.329. The Balaban J connectivity index is 1.41. The Morgan fingerprint density at radius 1 is 0.450 bits per heavy atom. The van der Waals surface area contributed by atoms with Crippen LogP contribution < -0.4 is 0 Å². The largest absolute Gasteiger partial charge is 0.394 e. The second-order valence-electron chi connectivity index (χ2n) is 9.81. The first kappa shape index (κ1) is 28.2. The molecule has 1 fully saturated rings. The molecule has 4 aromatic carbocycles. The number of aliphatic hydroxyl groups excluding tert-OH is 1. The second-order valence-corrected chi connectivity index (χ2v) is 9.81. The smallest absolute Gasteiger partial charge is 0.187 e. The minimum atomic E-state index is -0.779. The molecule has 0 spiro atoms. The maximum atomic E-state index is 10.4. The molecule has 6 nitrogen and oxygen atoms in total. The SMILES string of the molecule is OCC1O[C@H](OCc2ccccc2)C(OCc2ccccc2)C(OCc2ccccc2)[C@@H]1OCc1ccccc1. The van der Waals surface area contributed by atoms with Crippen molar-refractivity contribution < 1.29 is 28.8 Å². The van der Waals surface area contributed by atoms with Crippen molar-refractivity contribution >= 4 is 0 Å². The minimum Gasteiger partial charge on any atom is -0.394 e. The first-order valence-corrected chi connectivity index (χ1v) is 13.7. The molecule has 5 atom stereocenters. The van der Waals surface area contributed by atoms with Crippen LogP contribution in [0.4, 0.5) is 0 Å². The van der Waals surface area contributed by atoms with Crippen LogP contribution in [-0.4, -0.2) is 42.4 Å². The topological polar surface area (TPSA) is 66.4 Å². The van der Waals surface area contributed by atoms with Gasteiger partial charge in [-0.1, -0.05) is 121 Å². The molecule has 1 N–H and O–H groups in total. The fraction of sp³-hybridized carbons (Fsp3) is 0.294. The van der Waals surface area contributed by atoms with E-state index in [9.17, 15) is 5.11 Å². The van der Waals surface area contributed by atoms with E-state index in [4.69, 9.17) is 23.7 Å². The highest BCUT2D eigenvalue weighted by atomic mass is 16.7. The summed E-state index contributed by atoms with van der Waals surface area (Å²) in [6.45, 7) is 1.13. The van der Waals surface area contributed by atoms with Gasteiger partial charge in [-0.2, -0.15) is 0 Å². The number of rotatable bonds is 13. The lowest BCUT2D eigenvalue weighted by atomic mass is 9.97. The molecule has 1 heterocycles. The molecule has 3 unspecified atom stereocenters. The molecule has 1 aliphatic rings. The second kappa shape index (κ2) is 14.9. The van der Waals surface area contributed by atoms with E-state index in [2.05, 4.69) is 0 Å². The Morgan fingerprint density at radius 3 is 1.20 bits per heavy atom. The fourth-order valence-electron chi connectivity index (χ4n) is 4.78. The number of hydrogen-bond donors (Lipinski definition) is 1. The Hall–Kier alpha value is -3.36. The summed E-state index contributed by atoms with van der Waals surface area (Å²) in [7, 11) is 0. The zero-order valence-electron chi connectivity index (χ0n) is 22.5. The average Bonchev–Trinajstić information content (AvgIpc) is 3.03. The number of aliphatic hydroxyl groups is 1. The predicted octanol–water partition coefficient (Wildman–Crippen LogP) is 5.68. The van der Waals surface area contributed by atoms with Gasteiger partial charge in [-0.15, -0.1) is 0 Å². The summed E-state index contributed by atoms with van der Waals surface area (Å²) in [6.07, 6.45) is -3.22. The van der Waals surface area contributed by atoms with Crippen LogP contribution in [0.2, 0.25) is 0 Å². The van der Waals surface area contributed by atoms with Crippen LogP contribution in [0.25, 0.3) is 0 Å². The maximum absolute atomic E-state index is 10.4. The molecule has 5 rings (SSSR count). The summed E-state index contributed by atoms with van der Waals surface area (Å²) in [4.78, 5) is 0. The highest BCUT2D eigenvalue weighted by Crippen LogP contribution is 2.31. The lowest BCUT2D eigenvalue weighted by Gasteiger charge is -2.45. The molecule has 1 saturated heterocycles. The van der Waals surface area contributed by atoms with Crippen LogP contribution in [-0.2, 0) is 50.1 Å². The van der Waals surface area contributed by atoms with Crippen molar-refractivity contribution in [3.63, 3.8) is 0 Å². The van der Waals surface area contributed by atoms with Crippen molar-refractivity contribution in [3.8, 4) is 0 Å². The Bertz CT molecular complexity index is 1240. The molecule has 208 valence electrons. The van der Waals surface area contributed by atoms with E-state index < -0.39 is 30.7 Å². The molecular weight excluding hydrogens is 504 g/mol. The van der Waals surface area contributed by atoms with Gasteiger partial charge in [0.1, 0.15) is 24.4 Å². The molecule has 6 heteroatoms. The molecule has 0 aromatic heterocycles. The summed E-state index contributed by atoms with van der Waals surface area (Å²) >= 11 is 0. The van der Waals surface area contributed by atoms with Crippen molar-refractivity contribution in [2.75, 3.05) is 6.61 Å². The van der Waals surface area contributed by atoms with Gasteiger partial charge in [0.15, 0.2) is 6.29 Å². The van der Waals surface area contributed by atoms with Gasteiger partial charge in [0.05, 0.1) is 33.0 Å². The van der Waals surface area contributed by atoms with Crippen LogP contribution in [0.1, 0.15) is 22.3 Å². The maximum Gasteiger partial charge on any atom is 0.187 e. The molecule has 1 aliphatic heterocycles. The first-order valence-electron chi connectivity index (χ1n) is 13.7. The average molecular weight is 541 g/mol. The van der Waals surface area contributed by atoms with E-state index >= 15 is 0 Å². The van der Waals surface area contributed by atoms with E-state index in [-0.39, 0.29) is 6.61 Å². The summed E-state index contributed by atoms with van der Waals surface area (Å²) < 4.78 is 32.1. The Labute approximate surface area is 236 Å².